The van der Waals surface area contributed by atoms with Crippen molar-refractivity contribution in [3.63, 3.8) is 0 Å². The van der Waals surface area contributed by atoms with Crippen LogP contribution in [0, 0.1) is 0 Å². The van der Waals surface area contributed by atoms with Gasteiger partial charge < -0.3 is 9.47 Å². The fraction of sp³-hybridized carbons (Fsp3) is 0.0588. The Morgan fingerprint density at radius 3 is 1.77 bits per heavy atom. The lowest BCUT2D eigenvalue weighted by Crippen LogP contribution is -2.16. The number of hydrogen-bond acceptors (Lipinski definition) is 1. The molecule has 10 aromatic rings. The van der Waals surface area contributed by atoms with Gasteiger partial charge in [-0.15, -0.1) is 0 Å². The number of benzene rings is 9. The Kier molecular flexibility index (Phi) is 6.33. The van der Waals surface area contributed by atoms with Crippen LogP contribution in [0.25, 0.3) is 70.9 Å². The maximum absolute atomic E-state index is 2.52. The van der Waals surface area contributed by atoms with E-state index >= 15 is 0 Å². The molecule has 0 atom stereocenters. The molecule has 0 unspecified atom stereocenters. The number of fused-ring (bicyclic) bond motifs is 13. The van der Waals surface area contributed by atoms with Crippen LogP contribution in [0.15, 0.2) is 182 Å². The molecular weight excluding hydrogens is 641 g/mol. The Morgan fingerprint density at radius 2 is 0.981 bits per heavy atom. The quantitative estimate of drug-likeness (QED) is 0.168. The summed E-state index contributed by atoms with van der Waals surface area (Å²) in [6.45, 7) is 4.71. The molecule has 9 aromatic carbocycles. The average Bonchev–Trinajstić information content (AvgIpc) is 3.69. The second-order valence-corrected chi connectivity index (χ2v) is 14.9. The second kappa shape index (κ2) is 11.2. The van der Waals surface area contributed by atoms with Crippen LogP contribution in [0.1, 0.15) is 25.0 Å². The van der Waals surface area contributed by atoms with Gasteiger partial charge in [0.1, 0.15) is 0 Å². The predicted molar refractivity (Wildman–Crippen MR) is 226 cm³/mol. The molecule has 0 fully saturated rings. The third-order valence-corrected chi connectivity index (χ3v) is 11.7. The van der Waals surface area contributed by atoms with Gasteiger partial charge in [0.2, 0.25) is 0 Å². The highest BCUT2D eigenvalue weighted by Crippen LogP contribution is 2.51. The van der Waals surface area contributed by atoms with Crippen molar-refractivity contribution in [1.82, 2.24) is 4.57 Å². The van der Waals surface area contributed by atoms with E-state index in [1.807, 2.05) is 0 Å². The molecule has 0 spiro atoms. The molecule has 2 heteroatoms. The third kappa shape index (κ3) is 4.27. The van der Waals surface area contributed by atoms with Crippen LogP contribution in [-0.4, -0.2) is 4.57 Å². The van der Waals surface area contributed by atoms with Gasteiger partial charge in [0.15, 0.2) is 0 Å². The first-order chi connectivity index (χ1) is 26.1. The molecule has 0 saturated carbocycles. The van der Waals surface area contributed by atoms with E-state index in [2.05, 4.69) is 205 Å². The molecule has 250 valence electrons. The lowest BCUT2D eigenvalue weighted by Gasteiger charge is -2.28. The third-order valence-electron chi connectivity index (χ3n) is 11.7. The highest BCUT2D eigenvalue weighted by Gasteiger charge is 2.35. The zero-order valence-corrected chi connectivity index (χ0v) is 29.7. The van der Waals surface area contributed by atoms with Gasteiger partial charge in [-0.1, -0.05) is 147 Å². The molecule has 2 nitrogen and oxygen atoms in total. The van der Waals surface area contributed by atoms with E-state index in [1.54, 1.807) is 0 Å². The topological polar surface area (TPSA) is 8.17 Å². The van der Waals surface area contributed by atoms with E-state index in [-0.39, 0.29) is 5.41 Å². The second-order valence-electron chi connectivity index (χ2n) is 14.9. The Hall–Kier alpha value is -6.64. The summed E-state index contributed by atoms with van der Waals surface area (Å²) in [5, 5.41) is 10.2. The molecule has 53 heavy (non-hydrogen) atoms. The summed E-state index contributed by atoms with van der Waals surface area (Å²) >= 11 is 0. The zero-order chi connectivity index (χ0) is 35.3. The number of rotatable bonds is 4. The molecule has 0 radical (unpaired) electrons. The van der Waals surface area contributed by atoms with Gasteiger partial charge in [-0.2, -0.15) is 0 Å². The van der Waals surface area contributed by atoms with Gasteiger partial charge in [-0.05, 0) is 92.3 Å². The summed E-state index contributed by atoms with van der Waals surface area (Å²) in [4.78, 5) is 2.40. The van der Waals surface area contributed by atoms with E-state index in [4.69, 9.17) is 0 Å². The van der Waals surface area contributed by atoms with Crippen molar-refractivity contribution in [3.05, 3.63) is 193 Å². The summed E-state index contributed by atoms with van der Waals surface area (Å²) in [5.74, 6) is 0. The van der Waals surface area contributed by atoms with E-state index in [0.717, 1.165) is 22.7 Å². The van der Waals surface area contributed by atoms with Crippen molar-refractivity contribution in [2.45, 2.75) is 19.3 Å². The Morgan fingerprint density at radius 1 is 0.396 bits per heavy atom. The smallest absolute Gasteiger partial charge is 0.0626 e. The molecule has 11 rings (SSSR count). The van der Waals surface area contributed by atoms with E-state index < -0.39 is 0 Å². The van der Waals surface area contributed by atoms with Crippen molar-refractivity contribution in [2.75, 3.05) is 4.90 Å². The summed E-state index contributed by atoms with van der Waals surface area (Å²) in [6.07, 6.45) is 0. The SMILES string of the molecule is CC1(C)c2ccccc2-c2ccc(N(c3ccccc3)c3ccc(-n4c5c6ccccc6ccc5c5c6ccccc6c6ccccc6c54)cc3)cc21. The molecule has 1 aliphatic rings. The molecule has 0 bridgehead atoms. The van der Waals surface area contributed by atoms with Crippen molar-refractivity contribution >= 4 is 71.2 Å². The van der Waals surface area contributed by atoms with Crippen molar-refractivity contribution in [3.8, 4) is 16.8 Å². The first-order valence-electron chi connectivity index (χ1n) is 18.5. The standard InChI is InChI=1S/C51H36N2/c1-51(2)46-23-13-12-20-41(46)42-31-29-37(32-47(42)51)52(34-15-4-3-5-16-34)35-25-27-36(28-26-35)53-49-38-17-7-6-14-33(38)24-30-45(49)48-43-21-10-8-18-39(43)40-19-9-11-22-44(40)50(48)53/h3-32H,1-2H3. The zero-order valence-electron chi connectivity index (χ0n) is 29.7. The van der Waals surface area contributed by atoms with Crippen molar-refractivity contribution in [2.24, 2.45) is 0 Å². The summed E-state index contributed by atoms with van der Waals surface area (Å²) < 4.78 is 2.52. The minimum atomic E-state index is -0.0829. The molecular formula is C51H36N2. The van der Waals surface area contributed by atoms with Gasteiger partial charge in [-0.25, -0.2) is 0 Å². The fourth-order valence-electron chi connectivity index (χ4n) is 9.30. The molecule has 0 N–H and O–H groups in total. The summed E-state index contributed by atoms with van der Waals surface area (Å²) in [5.41, 5.74) is 12.4. The van der Waals surface area contributed by atoms with Gasteiger partial charge >= 0.3 is 0 Å². The first kappa shape index (κ1) is 30.0. The molecule has 0 saturated heterocycles. The maximum Gasteiger partial charge on any atom is 0.0626 e. The van der Waals surface area contributed by atoms with E-state index in [1.165, 1.54) is 76.4 Å². The highest BCUT2D eigenvalue weighted by atomic mass is 15.1. The van der Waals surface area contributed by atoms with Crippen LogP contribution < -0.4 is 4.90 Å². The Balaban J connectivity index is 1.15. The van der Waals surface area contributed by atoms with Crippen LogP contribution in [0.4, 0.5) is 17.1 Å². The minimum Gasteiger partial charge on any atom is -0.310 e. The van der Waals surface area contributed by atoms with Crippen LogP contribution in [0.2, 0.25) is 0 Å². The lowest BCUT2D eigenvalue weighted by atomic mass is 9.82. The maximum atomic E-state index is 2.52. The van der Waals surface area contributed by atoms with Crippen LogP contribution >= 0.6 is 0 Å². The monoisotopic (exact) mass is 676 g/mol. The molecule has 0 aliphatic heterocycles. The number of aromatic nitrogens is 1. The van der Waals surface area contributed by atoms with Gasteiger partial charge in [0.05, 0.1) is 11.0 Å². The molecule has 1 aromatic heterocycles. The van der Waals surface area contributed by atoms with E-state index in [9.17, 15) is 0 Å². The summed E-state index contributed by atoms with van der Waals surface area (Å²) in [6, 6.07) is 67.1. The fourth-order valence-corrected chi connectivity index (χ4v) is 9.30. The van der Waals surface area contributed by atoms with Gasteiger partial charge in [0, 0.05) is 49.7 Å². The first-order valence-corrected chi connectivity index (χ1v) is 18.5. The number of para-hydroxylation sites is 1. The van der Waals surface area contributed by atoms with Gasteiger partial charge in [0.25, 0.3) is 0 Å². The van der Waals surface area contributed by atoms with Crippen LogP contribution in [-0.2, 0) is 5.41 Å². The number of anilines is 3. The largest absolute Gasteiger partial charge is 0.310 e. The number of nitrogens with zero attached hydrogens (tertiary/aromatic N) is 2. The lowest BCUT2D eigenvalue weighted by molar-refractivity contribution is 0.660. The van der Waals surface area contributed by atoms with Crippen LogP contribution in [0.5, 0.6) is 0 Å². The average molecular weight is 677 g/mol. The molecule has 0 amide bonds. The predicted octanol–water partition coefficient (Wildman–Crippen LogP) is 14.0. The minimum absolute atomic E-state index is 0.0829. The normalized spacial score (nSPS) is 13.2. The Labute approximate surface area is 308 Å². The van der Waals surface area contributed by atoms with Crippen molar-refractivity contribution < 1.29 is 0 Å². The van der Waals surface area contributed by atoms with Crippen molar-refractivity contribution in [1.29, 1.82) is 0 Å². The van der Waals surface area contributed by atoms with Gasteiger partial charge in [-0.3, -0.25) is 0 Å². The molecule has 1 aliphatic carbocycles. The molecule has 1 heterocycles. The van der Waals surface area contributed by atoms with Crippen LogP contribution in [0.3, 0.4) is 0 Å². The number of hydrogen-bond donors (Lipinski definition) is 0. The van der Waals surface area contributed by atoms with E-state index in [0.29, 0.717) is 0 Å². The summed E-state index contributed by atoms with van der Waals surface area (Å²) in [7, 11) is 0. The highest BCUT2D eigenvalue weighted by molar-refractivity contribution is 6.34. The Bertz CT molecular complexity index is 3080.